The summed E-state index contributed by atoms with van der Waals surface area (Å²) in [7, 11) is 1.81. The fourth-order valence-corrected chi connectivity index (χ4v) is 2.66. The third kappa shape index (κ3) is 3.52. The maximum absolute atomic E-state index is 5.84. The summed E-state index contributed by atoms with van der Waals surface area (Å²) in [6.07, 6.45) is 8.49. The van der Waals surface area contributed by atoms with Crippen LogP contribution in [0.15, 0.2) is 49.2 Å². The average molecular weight is 356 g/mol. The summed E-state index contributed by atoms with van der Waals surface area (Å²) in [6, 6.07) is 5.64. The minimum Gasteiger partial charge on any atom is -0.384 e. The van der Waals surface area contributed by atoms with E-state index in [0.29, 0.717) is 18.1 Å². The summed E-state index contributed by atoms with van der Waals surface area (Å²) < 4.78 is 0. The first-order valence-corrected chi connectivity index (χ1v) is 8.26. The molecule has 0 saturated heterocycles. The third-order valence-electron chi connectivity index (χ3n) is 3.97. The zero-order valence-corrected chi connectivity index (χ0v) is 14.6. The van der Waals surface area contributed by atoms with Gasteiger partial charge < -0.3 is 11.1 Å². The zero-order valence-electron chi connectivity index (χ0n) is 14.6. The van der Waals surface area contributed by atoms with Crippen molar-refractivity contribution in [2.45, 2.75) is 6.54 Å². The van der Waals surface area contributed by atoms with Crippen LogP contribution < -0.4 is 11.1 Å². The predicted molar refractivity (Wildman–Crippen MR) is 103 cm³/mol. The Kier molecular flexibility index (Phi) is 4.33. The number of nitrogen functional groups attached to an aromatic ring is 1. The van der Waals surface area contributed by atoms with Gasteiger partial charge in [0.1, 0.15) is 17.3 Å². The number of pyridine rings is 3. The summed E-state index contributed by atoms with van der Waals surface area (Å²) >= 11 is 0. The second kappa shape index (κ2) is 7.09. The van der Waals surface area contributed by atoms with Gasteiger partial charge in [0, 0.05) is 36.4 Å². The number of rotatable bonds is 3. The van der Waals surface area contributed by atoms with Crippen molar-refractivity contribution in [1.82, 2.24) is 29.9 Å². The lowest BCUT2D eigenvalue weighted by Gasteiger charge is -2.06. The molecule has 4 rings (SSSR count). The van der Waals surface area contributed by atoms with Crippen molar-refractivity contribution < 1.29 is 0 Å². The van der Waals surface area contributed by atoms with Gasteiger partial charge in [-0.3, -0.25) is 0 Å². The Balaban J connectivity index is 1.63. The van der Waals surface area contributed by atoms with Gasteiger partial charge in [-0.25, -0.2) is 15.0 Å². The molecule has 0 bridgehead atoms. The molecule has 0 radical (unpaired) electrons. The maximum atomic E-state index is 5.84. The average Bonchev–Trinajstić information content (AvgIpc) is 3.20. The number of anilines is 2. The van der Waals surface area contributed by atoms with Gasteiger partial charge in [0.15, 0.2) is 0 Å². The van der Waals surface area contributed by atoms with Crippen LogP contribution >= 0.6 is 0 Å². The highest BCUT2D eigenvalue weighted by Gasteiger charge is 2.06. The molecule has 0 amide bonds. The molecule has 27 heavy (non-hydrogen) atoms. The van der Waals surface area contributed by atoms with Gasteiger partial charge in [-0.2, -0.15) is 15.0 Å². The zero-order chi connectivity index (χ0) is 18.6. The van der Waals surface area contributed by atoms with Crippen LogP contribution in [0.4, 0.5) is 11.6 Å². The summed E-state index contributed by atoms with van der Waals surface area (Å²) in [6.45, 7) is 0.569. The summed E-state index contributed by atoms with van der Waals surface area (Å²) in [5, 5.41) is 13.0. The number of aromatic nitrogens is 6. The summed E-state index contributed by atoms with van der Waals surface area (Å²) in [5.74, 6) is 7.38. The Hall–Kier alpha value is -3.99. The minimum atomic E-state index is 0.438. The SMILES string of the molecule is CNc1ncc(C#Cc2ccc(Cn3nccn3)cn2)c2cc(N)ncc12. The van der Waals surface area contributed by atoms with Crippen LogP contribution in [-0.2, 0) is 6.54 Å². The van der Waals surface area contributed by atoms with Crippen LogP contribution in [-0.4, -0.2) is 37.0 Å². The first kappa shape index (κ1) is 16.5. The third-order valence-corrected chi connectivity index (χ3v) is 3.97. The van der Waals surface area contributed by atoms with Crippen molar-refractivity contribution in [1.29, 1.82) is 0 Å². The van der Waals surface area contributed by atoms with Crippen LogP contribution in [0.2, 0.25) is 0 Å². The number of nitrogens with two attached hydrogens (primary N) is 1. The molecule has 4 aromatic rings. The van der Waals surface area contributed by atoms with Crippen molar-refractivity contribution in [2.75, 3.05) is 18.1 Å². The lowest BCUT2D eigenvalue weighted by Crippen LogP contribution is -2.03. The fourth-order valence-electron chi connectivity index (χ4n) is 2.66. The molecule has 8 heteroatoms. The Morgan fingerprint density at radius 3 is 2.59 bits per heavy atom. The molecule has 8 nitrogen and oxygen atoms in total. The second-order valence-corrected chi connectivity index (χ2v) is 5.79. The molecule has 0 fully saturated rings. The smallest absolute Gasteiger partial charge is 0.135 e. The summed E-state index contributed by atoms with van der Waals surface area (Å²) in [4.78, 5) is 14.5. The molecule has 0 aliphatic carbocycles. The van der Waals surface area contributed by atoms with Crippen LogP contribution in [0.25, 0.3) is 10.8 Å². The number of hydrogen-bond donors (Lipinski definition) is 2. The lowest BCUT2D eigenvalue weighted by molar-refractivity contribution is 0.590. The van der Waals surface area contributed by atoms with Gasteiger partial charge in [-0.05, 0) is 23.6 Å². The Morgan fingerprint density at radius 1 is 1.00 bits per heavy atom. The van der Waals surface area contributed by atoms with Gasteiger partial charge >= 0.3 is 0 Å². The highest BCUT2D eigenvalue weighted by atomic mass is 15.5. The normalized spacial score (nSPS) is 10.4. The van der Waals surface area contributed by atoms with Gasteiger partial charge in [0.25, 0.3) is 0 Å². The van der Waals surface area contributed by atoms with Gasteiger partial charge in [0.05, 0.1) is 24.5 Å². The molecule has 0 unspecified atom stereocenters. The first-order chi connectivity index (χ1) is 13.2. The molecular formula is C19H16N8. The Morgan fingerprint density at radius 2 is 1.85 bits per heavy atom. The predicted octanol–water partition coefficient (Wildman–Crippen LogP) is 1.69. The van der Waals surface area contributed by atoms with E-state index in [1.165, 1.54) is 0 Å². The number of nitrogens with one attached hydrogen (secondary N) is 1. The highest BCUT2D eigenvalue weighted by Crippen LogP contribution is 2.24. The van der Waals surface area contributed by atoms with Crippen molar-refractivity contribution in [3.05, 3.63) is 66.0 Å². The standard InChI is InChI=1S/C19H16N8/c1-21-19-17-11-23-18(20)8-16(17)14(10-24-19)3-5-15-4-2-13(9-22-15)12-27-25-6-7-26-27/h2,4,6-11H,12H2,1H3,(H2,20,23)(H,21,24). The Labute approximate surface area is 155 Å². The molecule has 0 aromatic carbocycles. The largest absolute Gasteiger partial charge is 0.384 e. The molecule has 0 atom stereocenters. The van der Waals surface area contributed by atoms with Gasteiger partial charge in [-0.1, -0.05) is 12.0 Å². The fraction of sp³-hybridized carbons (Fsp3) is 0.105. The van der Waals surface area contributed by atoms with E-state index in [2.05, 4.69) is 42.3 Å². The van der Waals surface area contributed by atoms with Crippen molar-refractivity contribution in [3.63, 3.8) is 0 Å². The van der Waals surface area contributed by atoms with E-state index in [1.54, 1.807) is 41.8 Å². The minimum absolute atomic E-state index is 0.438. The molecule has 132 valence electrons. The van der Waals surface area contributed by atoms with E-state index in [9.17, 15) is 0 Å². The van der Waals surface area contributed by atoms with Crippen molar-refractivity contribution in [2.24, 2.45) is 0 Å². The molecule has 4 aromatic heterocycles. The second-order valence-electron chi connectivity index (χ2n) is 5.79. The Bertz CT molecular complexity index is 1140. The van der Waals surface area contributed by atoms with Crippen LogP contribution in [0.1, 0.15) is 16.8 Å². The molecule has 0 saturated carbocycles. The van der Waals surface area contributed by atoms with E-state index < -0.39 is 0 Å². The van der Waals surface area contributed by atoms with Crippen molar-refractivity contribution in [3.8, 4) is 11.8 Å². The van der Waals surface area contributed by atoms with E-state index in [4.69, 9.17) is 5.73 Å². The van der Waals surface area contributed by atoms with Crippen molar-refractivity contribution >= 4 is 22.4 Å². The molecule has 0 aliphatic heterocycles. The number of nitrogens with zero attached hydrogens (tertiary/aromatic N) is 6. The van der Waals surface area contributed by atoms with Gasteiger partial charge in [0.2, 0.25) is 0 Å². The van der Waals surface area contributed by atoms with Gasteiger partial charge in [-0.15, -0.1) is 0 Å². The molecule has 0 aliphatic rings. The maximum Gasteiger partial charge on any atom is 0.135 e. The quantitative estimate of drug-likeness (QED) is 0.538. The van der Waals surface area contributed by atoms with Crippen LogP contribution in [0.3, 0.4) is 0 Å². The summed E-state index contributed by atoms with van der Waals surface area (Å²) in [5.41, 5.74) is 8.28. The number of hydrogen-bond acceptors (Lipinski definition) is 7. The highest BCUT2D eigenvalue weighted by molar-refractivity contribution is 5.96. The monoisotopic (exact) mass is 356 g/mol. The van der Waals surface area contributed by atoms with E-state index in [1.807, 2.05) is 19.2 Å². The van der Waals surface area contributed by atoms with E-state index in [0.717, 1.165) is 27.7 Å². The van der Waals surface area contributed by atoms with Crippen LogP contribution in [0, 0.1) is 11.8 Å². The van der Waals surface area contributed by atoms with E-state index >= 15 is 0 Å². The molecule has 4 heterocycles. The molecule has 3 N–H and O–H groups in total. The van der Waals surface area contributed by atoms with E-state index in [-0.39, 0.29) is 0 Å². The first-order valence-electron chi connectivity index (χ1n) is 8.26. The number of fused-ring (bicyclic) bond motifs is 1. The lowest BCUT2D eigenvalue weighted by atomic mass is 10.1. The molecular weight excluding hydrogens is 340 g/mol. The molecule has 0 spiro atoms. The topological polar surface area (TPSA) is 107 Å². The van der Waals surface area contributed by atoms with Crippen LogP contribution in [0.5, 0.6) is 0 Å².